The molecule has 2 saturated heterocycles. The molecule has 0 N–H and O–H groups in total. The van der Waals surface area contributed by atoms with E-state index in [9.17, 15) is 4.79 Å². The molecule has 0 unspecified atom stereocenters. The largest absolute Gasteiger partial charge is 0.465 e. The summed E-state index contributed by atoms with van der Waals surface area (Å²) >= 11 is 6.34. The maximum atomic E-state index is 11.7. The smallest absolute Gasteiger partial charge is 0.337 e. The lowest BCUT2D eigenvalue weighted by Gasteiger charge is -2.35. The van der Waals surface area contributed by atoms with Crippen LogP contribution in [0.1, 0.15) is 22.3 Å². The third-order valence-electron chi connectivity index (χ3n) is 5.37. The highest BCUT2D eigenvalue weighted by atomic mass is 35.5. The SMILES string of the molecule is COC(=O)c1ccc(Cl)c(CN2CCN(CCN3CCCOCC3)CC2)c1. The van der Waals surface area contributed by atoms with Gasteiger partial charge >= 0.3 is 5.97 Å². The minimum Gasteiger partial charge on any atom is -0.465 e. The summed E-state index contributed by atoms with van der Waals surface area (Å²) in [6, 6.07) is 5.34. The molecule has 2 heterocycles. The van der Waals surface area contributed by atoms with Crippen LogP contribution in [0.25, 0.3) is 0 Å². The van der Waals surface area contributed by atoms with Gasteiger partial charge in [-0.25, -0.2) is 4.79 Å². The number of piperazine rings is 1. The first kappa shape index (κ1) is 20.6. The van der Waals surface area contributed by atoms with Crippen LogP contribution in [-0.4, -0.2) is 93.4 Å². The molecule has 2 aliphatic rings. The van der Waals surface area contributed by atoms with Gasteiger partial charge in [0.2, 0.25) is 0 Å². The van der Waals surface area contributed by atoms with E-state index in [4.69, 9.17) is 21.1 Å². The summed E-state index contributed by atoms with van der Waals surface area (Å²) in [7, 11) is 1.40. The lowest BCUT2D eigenvalue weighted by Crippen LogP contribution is -2.48. The van der Waals surface area contributed by atoms with Crippen LogP contribution < -0.4 is 0 Å². The van der Waals surface area contributed by atoms with Crippen molar-refractivity contribution in [1.29, 1.82) is 0 Å². The van der Waals surface area contributed by atoms with Gasteiger partial charge in [-0.1, -0.05) is 11.6 Å². The highest BCUT2D eigenvalue weighted by Gasteiger charge is 2.19. The molecule has 7 heteroatoms. The molecule has 6 nitrogen and oxygen atoms in total. The van der Waals surface area contributed by atoms with Gasteiger partial charge in [-0.3, -0.25) is 14.7 Å². The summed E-state index contributed by atoms with van der Waals surface area (Å²) in [5, 5.41) is 0.702. The lowest BCUT2D eigenvalue weighted by molar-refractivity contribution is 0.0600. The molecule has 2 aliphatic heterocycles. The third kappa shape index (κ3) is 6.16. The van der Waals surface area contributed by atoms with Gasteiger partial charge < -0.3 is 9.47 Å². The molecule has 0 spiro atoms. The number of halogens is 1. The highest BCUT2D eigenvalue weighted by molar-refractivity contribution is 6.31. The topological polar surface area (TPSA) is 45.2 Å². The number of methoxy groups -OCH3 is 1. The molecule has 27 heavy (non-hydrogen) atoms. The average Bonchev–Trinajstić information content (AvgIpc) is 2.97. The van der Waals surface area contributed by atoms with Crippen LogP contribution in [0.2, 0.25) is 5.02 Å². The Bertz CT molecular complexity index is 612. The minimum absolute atomic E-state index is 0.323. The summed E-state index contributed by atoms with van der Waals surface area (Å²) in [6.07, 6.45) is 1.14. The fourth-order valence-corrected chi connectivity index (χ4v) is 3.83. The van der Waals surface area contributed by atoms with E-state index in [-0.39, 0.29) is 5.97 Å². The Morgan fingerprint density at radius 1 is 1.04 bits per heavy atom. The predicted molar refractivity (Wildman–Crippen MR) is 106 cm³/mol. The van der Waals surface area contributed by atoms with Crippen LogP contribution in [0.3, 0.4) is 0 Å². The second-order valence-electron chi connectivity index (χ2n) is 7.22. The summed E-state index contributed by atoms with van der Waals surface area (Å²) in [6.45, 7) is 11.1. The fourth-order valence-electron chi connectivity index (χ4n) is 3.66. The van der Waals surface area contributed by atoms with E-state index in [1.165, 1.54) is 7.11 Å². The van der Waals surface area contributed by atoms with Crippen LogP contribution >= 0.6 is 11.6 Å². The molecule has 0 saturated carbocycles. The fraction of sp³-hybridized carbons (Fsp3) is 0.650. The van der Waals surface area contributed by atoms with E-state index in [0.717, 1.165) is 84.1 Å². The standard InChI is InChI=1S/C20H30ClN3O3/c1-26-20(25)17-3-4-19(21)18(15-17)16-24-10-8-23(9-11-24)7-6-22-5-2-13-27-14-12-22/h3-4,15H,2,5-14,16H2,1H3. The maximum Gasteiger partial charge on any atom is 0.337 e. The molecule has 0 aromatic heterocycles. The summed E-state index contributed by atoms with van der Waals surface area (Å²) in [5.74, 6) is -0.323. The number of esters is 1. The zero-order valence-electron chi connectivity index (χ0n) is 16.2. The van der Waals surface area contributed by atoms with E-state index in [1.54, 1.807) is 12.1 Å². The zero-order valence-corrected chi connectivity index (χ0v) is 16.9. The number of carbonyl (C=O) groups is 1. The molecule has 2 fully saturated rings. The van der Waals surface area contributed by atoms with Crippen LogP contribution in [0, 0.1) is 0 Å². The highest BCUT2D eigenvalue weighted by Crippen LogP contribution is 2.21. The molecular formula is C20H30ClN3O3. The molecule has 1 aromatic carbocycles. The van der Waals surface area contributed by atoms with Crippen LogP contribution in [0.5, 0.6) is 0 Å². The van der Waals surface area contributed by atoms with Crippen LogP contribution in [0.15, 0.2) is 18.2 Å². The van der Waals surface area contributed by atoms with Crippen molar-refractivity contribution in [2.75, 3.05) is 72.7 Å². The van der Waals surface area contributed by atoms with Crippen molar-refractivity contribution < 1.29 is 14.3 Å². The molecule has 0 bridgehead atoms. The first-order chi connectivity index (χ1) is 13.2. The quantitative estimate of drug-likeness (QED) is 0.686. The van der Waals surface area contributed by atoms with Gasteiger partial charge in [0.1, 0.15) is 0 Å². The molecule has 150 valence electrons. The van der Waals surface area contributed by atoms with Crippen molar-refractivity contribution in [1.82, 2.24) is 14.7 Å². The molecule has 0 radical (unpaired) electrons. The Morgan fingerprint density at radius 2 is 1.74 bits per heavy atom. The molecule has 3 rings (SSSR count). The minimum atomic E-state index is -0.323. The normalized spacial score (nSPS) is 20.4. The van der Waals surface area contributed by atoms with E-state index in [2.05, 4.69) is 14.7 Å². The number of benzene rings is 1. The van der Waals surface area contributed by atoms with Gasteiger partial charge in [0, 0.05) is 70.5 Å². The average molecular weight is 396 g/mol. The Hall–Kier alpha value is -1.18. The van der Waals surface area contributed by atoms with E-state index in [0.29, 0.717) is 10.6 Å². The van der Waals surface area contributed by atoms with Gasteiger partial charge in [0.05, 0.1) is 19.3 Å². The number of carbonyl (C=O) groups excluding carboxylic acids is 1. The number of hydrogen-bond acceptors (Lipinski definition) is 6. The second-order valence-corrected chi connectivity index (χ2v) is 7.63. The third-order valence-corrected chi connectivity index (χ3v) is 5.74. The van der Waals surface area contributed by atoms with Gasteiger partial charge in [0.15, 0.2) is 0 Å². The monoisotopic (exact) mass is 395 g/mol. The Morgan fingerprint density at radius 3 is 2.48 bits per heavy atom. The number of rotatable bonds is 6. The predicted octanol–water partition coefficient (Wildman–Crippen LogP) is 1.97. The molecule has 0 atom stereocenters. The Kier molecular flexibility index (Phi) is 7.91. The number of nitrogens with zero attached hydrogens (tertiary/aromatic N) is 3. The lowest BCUT2D eigenvalue weighted by atomic mass is 10.1. The first-order valence-corrected chi connectivity index (χ1v) is 10.1. The molecular weight excluding hydrogens is 366 g/mol. The van der Waals surface area contributed by atoms with E-state index in [1.807, 2.05) is 6.07 Å². The van der Waals surface area contributed by atoms with Crippen LogP contribution in [-0.2, 0) is 16.0 Å². The van der Waals surface area contributed by atoms with Crippen molar-refractivity contribution in [3.8, 4) is 0 Å². The summed E-state index contributed by atoms with van der Waals surface area (Å²) < 4.78 is 10.3. The number of ether oxygens (including phenoxy) is 2. The van der Waals surface area contributed by atoms with Gasteiger partial charge in [-0.2, -0.15) is 0 Å². The van der Waals surface area contributed by atoms with Gasteiger partial charge in [-0.15, -0.1) is 0 Å². The molecule has 0 aliphatic carbocycles. The van der Waals surface area contributed by atoms with Gasteiger partial charge in [0.25, 0.3) is 0 Å². The summed E-state index contributed by atoms with van der Waals surface area (Å²) in [5.41, 5.74) is 1.54. The van der Waals surface area contributed by atoms with E-state index < -0.39 is 0 Å². The van der Waals surface area contributed by atoms with Gasteiger partial charge in [-0.05, 0) is 30.2 Å². The van der Waals surface area contributed by atoms with Crippen LogP contribution in [0.4, 0.5) is 0 Å². The number of hydrogen-bond donors (Lipinski definition) is 0. The van der Waals surface area contributed by atoms with Crippen molar-refractivity contribution in [2.24, 2.45) is 0 Å². The Labute approximate surface area is 167 Å². The summed E-state index contributed by atoms with van der Waals surface area (Å²) in [4.78, 5) is 19.2. The molecule has 0 amide bonds. The van der Waals surface area contributed by atoms with E-state index >= 15 is 0 Å². The maximum absolute atomic E-state index is 11.7. The molecule has 1 aromatic rings. The Balaban J connectivity index is 1.44. The van der Waals surface area contributed by atoms with Crippen molar-refractivity contribution >= 4 is 17.6 Å². The van der Waals surface area contributed by atoms with Crippen molar-refractivity contribution in [3.63, 3.8) is 0 Å². The zero-order chi connectivity index (χ0) is 19.1. The van der Waals surface area contributed by atoms with Crippen molar-refractivity contribution in [3.05, 3.63) is 34.3 Å². The first-order valence-electron chi connectivity index (χ1n) is 9.77. The second kappa shape index (κ2) is 10.4. The van der Waals surface area contributed by atoms with Crippen molar-refractivity contribution in [2.45, 2.75) is 13.0 Å².